The number of piperidine rings is 1. The summed E-state index contributed by atoms with van der Waals surface area (Å²) in [6.07, 6.45) is 3.84. The lowest BCUT2D eigenvalue weighted by molar-refractivity contribution is -0.139. The summed E-state index contributed by atoms with van der Waals surface area (Å²) in [5.74, 6) is 0.100. The Balaban J connectivity index is 1.45. The van der Waals surface area contributed by atoms with Gasteiger partial charge in [0, 0.05) is 24.2 Å². The first-order chi connectivity index (χ1) is 14.4. The molecule has 160 valence electrons. The molecule has 0 spiro atoms. The van der Waals surface area contributed by atoms with Crippen LogP contribution < -0.4 is 10.1 Å². The van der Waals surface area contributed by atoms with E-state index in [0.717, 1.165) is 24.8 Å². The van der Waals surface area contributed by atoms with Crippen molar-refractivity contribution in [1.82, 2.24) is 10.2 Å². The molecule has 0 aliphatic carbocycles. The smallest absolute Gasteiger partial charge is 0.260 e. The molecule has 2 aromatic rings. The van der Waals surface area contributed by atoms with Crippen molar-refractivity contribution >= 4 is 11.8 Å². The molecule has 2 amide bonds. The zero-order chi connectivity index (χ0) is 21.5. The summed E-state index contributed by atoms with van der Waals surface area (Å²) in [6, 6.07) is 13.5. The average Bonchev–Trinajstić information content (AvgIpc) is 2.74. The van der Waals surface area contributed by atoms with E-state index in [0.29, 0.717) is 24.3 Å². The second-order valence-electron chi connectivity index (χ2n) is 7.88. The monoisotopic (exact) mass is 412 g/mol. The van der Waals surface area contributed by atoms with Gasteiger partial charge in [-0.3, -0.25) is 9.59 Å². The summed E-state index contributed by atoms with van der Waals surface area (Å²) in [5, 5.41) is 2.85. The molecule has 2 atom stereocenters. The molecular formula is C24H29FN2O3. The lowest BCUT2D eigenvalue weighted by Gasteiger charge is -2.38. The number of carbonyl (C=O) groups is 2. The van der Waals surface area contributed by atoms with Gasteiger partial charge in [-0.15, -0.1) is 0 Å². The van der Waals surface area contributed by atoms with Crippen LogP contribution in [0.4, 0.5) is 4.39 Å². The number of benzene rings is 2. The average molecular weight is 413 g/mol. The van der Waals surface area contributed by atoms with Gasteiger partial charge in [-0.1, -0.05) is 12.1 Å². The van der Waals surface area contributed by atoms with Crippen molar-refractivity contribution in [2.24, 2.45) is 0 Å². The number of halogens is 1. The van der Waals surface area contributed by atoms with Gasteiger partial charge in [-0.2, -0.15) is 0 Å². The first-order valence-corrected chi connectivity index (χ1v) is 10.5. The maximum Gasteiger partial charge on any atom is 0.260 e. The molecule has 5 nitrogen and oxygen atoms in total. The van der Waals surface area contributed by atoms with Gasteiger partial charge in [0.15, 0.2) is 6.61 Å². The molecule has 0 saturated carbocycles. The zero-order valence-corrected chi connectivity index (χ0v) is 17.6. The van der Waals surface area contributed by atoms with Crippen molar-refractivity contribution in [1.29, 1.82) is 0 Å². The molecule has 2 unspecified atom stereocenters. The van der Waals surface area contributed by atoms with Gasteiger partial charge in [-0.05, 0) is 81.5 Å². The van der Waals surface area contributed by atoms with Crippen molar-refractivity contribution in [3.05, 3.63) is 65.5 Å². The van der Waals surface area contributed by atoms with E-state index < -0.39 is 0 Å². The predicted octanol–water partition coefficient (Wildman–Crippen LogP) is 3.97. The molecule has 0 aromatic heterocycles. The summed E-state index contributed by atoms with van der Waals surface area (Å²) in [7, 11) is 0. The van der Waals surface area contributed by atoms with Crippen LogP contribution in [0, 0.1) is 5.82 Å². The maximum absolute atomic E-state index is 12.9. The highest BCUT2D eigenvalue weighted by molar-refractivity contribution is 5.94. The Hall–Kier alpha value is -2.89. The number of likely N-dealkylation sites (tertiary alicyclic amines) is 1. The van der Waals surface area contributed by atoms with Crippen LogP contribution in [-0.4, -0.2) is 41.9 Å². The minimum Gasteiger partial charge on any atom is -0.484 e. The Bertz CT molecular complexity index is 842. The van der Waals surface area contributed by atoms with Crippen LogP contribution in [0.5, 0.6) is 5.75 Å². The molecule has 1 aliphatic rings. The number of hydrogen-bond acceptors (Lipinski definition) is 3. The number of hydrogen-bond donors (Lipinski definition) is 1. The van der Waals surface area contributed by atoms with E-state index in [4.69, 9.17) is 4.74 Å². The van der Waals surface area contributed by atoms with Crippen molar-refractivity contribution in [3.63, 3.8) is 0 Å². The molecule has 1 fully saturated rings. The third kappa shape index (κ3) is 5.81. The highest BCUT2D eigenvalue weighted by Crippen LogP contribution is 2.23. The van der Waals surface area contributed by atoms with Crippen LogP contribution in [0.3, 0.4) is 0 Å². The van der Waals surface area contributed by atoms with Crippen molar-refractivity contribution in [2.75, 3.05) is 13.2 Å². The zero-order valence-electron chi connectivity index (χ0n) is 17.6. The SMILES string of the molecule is CC1CCCC(C)N1C(=O)COc1ccc(C(=O)NCCc2ccc(F)cc2)cc1. The third-order valence-electron chi connectivity index (χ3n) is 5.57. The Morgan fingerprint density at radius 1 is 1.03 bits per heavy atom. The van der Waals surface area contributed by atoms with Crippen LogP contribution in [-0.2, 0) is 11.2 Å². The van der Waals surface area contributed by atoms with Gasteiger partial charge in [-0.25, -0.2) is 4.39 Å². The molecule has 30 heavy (non-hydrogen) atoms. The maximum atomic E-state index is 12.9. The van der Waals surface area contributed by atoms with Crippen LogP contribution in [0.1, 0.15) is 49.0 Å². The van der Waals surface area contributed by atoms with Gasteiger partial charge in [0.05, 0.1) is 0 Å². The largest absolute Gasteiger partial charge is 0.484 e. The second-order valence-corrected chi connectivity index (χ2v) is 7.88. The fourth-order valence-electron chi connectivity index (χ4n) is 3.91. The van der Waals surface area contributed by atoms with Crippen LogP contribution >= 0.6 is 0 Å². The fraction of sp³-hybridized carbons (Fsp3) is 0.417. The number of carbonyl (C=O) groups excluding carboxylic acids is 2. The van der Waals surface area contributed by atoms with E-state index in [9.17, 15) is 14.0 Å². The molecule has 1 saturated heterocycles. The normalized spacial score (nSPS) is 18.7. The van der Waals surface area contributed by atoms with Crippen LogP contribution in [0.2, 0.25) is 0 Å². The Morgan fingerprint density at radius 3 is 2.30 bits per heavy atom. The lowest BCUT2D eigenvalue weighted by atomic mass is 9.97. The van der Waals surface area contributed by atoms with E-state index in [1.807, 2.05) is 4.90 Å². The molecule has 1 aliphatic heterocycles. The van der Waals surface area contributed by atoms with E-state index in [1.54, 1.807) is 36.4 Å². The molecule has 3 rings (SSSR count). The Labute approximate surface area is 177 Å². The molecular weight excluding hydrogens is 383 g/mol. The molecule has 2 aromatic carbocycles. The van der Waals surface area contributed by atoms with E-state index >= 15 is 0 Å². The minimum absolute atomic E-state index is 0.00209. The Morgan fingerprint density at radius 2 is 1.67 bits per heavy atom. The van der Waals surface area contributed by atoms with Gasteiger partial charge in [0.25, 0.3) is 11.8 Å². The van der Waals surface area contributed by atoms with Crippen molar-refractivity contribution in [2.45, 2.75) is 51.6 Å². The number of rotatable bonds is 7. The third-order valence-corrected chi connectivity index (χ3v) is 5.57. The van der Waals surface area contributed by atoms with Crippen molar-refractivity contribution in [3.8, 4) is 5.75 Å². The quantitative estimate of drug-likeness (QED) is 0.749. The summed E-state index contributed by atoms with van der Waals surface area (Å²) in [6.45, 7) is 4.62. The number of ether oxygens (including phenoxy) is 1. The number of amides is 2. The molecule has 0 bridgehead atoms. The Kier molecular flexibility index (Phi) is 7.44. The highest BCUT2D eigenvalue weighted by Gasteiger charge is 2.28. The first-order valence-electron chi connectivity index (χ1n) is 10.5. The van der Waals surface area contributed by atoms with Crippen molar-refractivity contribution < 1.29 is 18.7 Å². The van der Waals surface area contributed by atoms with Gasteiger partial charge >= 0.3 is 0 Å². The highest BCUT2D eigenvalue weighted by atomic mass is 19.1. The lowest BCUT2D eigenvalue weighted by Crippen LogP contribution is -2.49. The standard InChI is InChI=1S/C24H29FN2O3/c1-17-4-3-5-18(2)27(17)23(28)16-30-22-12-8-20(9-13-22)24(29)26-15-14-19-6-10-21(25)11-7-19/h6-13,17-18H,3-5,14-16H2,1-2H3,(H,26,29). The molecule has 6 heteroatoms. The fourth-order valence-corrected chi connectivity index (χ4v) is 3.91. The van der Waals surface area contributed by atoms with E-state index in [-0.39, 0.29) is 36.3 Å². The van der Waals surface area contributed by atoms with Gasteiger partial charge < -0.3 is 15.0 Å². The summed E-state index contributed by atoms with van der Waals surface area (Å²) in [5.41, 5.74) is 1.48. The van der Waals surface area contributed by atoms with Crippen LogP contribution in [0.25, 0.3) is 0 Å². The summed E-state index contributed by atoms with van der Waals surface area (Å²) in [4.78, 5) is 26.7. The van der Waals surface area contributed by atoms with Crippen LogP contribution in [0.15, 0.2) is 48.5 Å². The molecule has 1 heterocycles. The van der Waals surface area contributed by atoms with Gasteiger partial charge in [0.2, 0.25) is 0 Å². The topological polar surface area (TPSA) is 58.6 Å². The number of nitrogens with one attached hydrogen (secondary N) is 1. The number of nitrogens with zero attached hydrogens (tertiary/aromatic N) is 1. The second kappa shape index (κ2) is 10.2. The summed E-state index contributed by atoms with van der Waals surface area (Å²) < 4.78 is 18.6. The predicted molar refractivity (Wildman–Crippen MR) is 114 cm³/mol. The summed E-state index contributed by atoms with van der Waals surface area (Å²) >= 11 is 0. The first kappa shape index (κ1) is 21.8. The van der Waals surface area contributed by atoms with E-state index in [2.05, 4.69) is 19.2 Å². The molecule has 1 N–H and O–H groups in total. The van der Waals surface area contributed by atoms with Gasteiger partial charge in [0.1, 0.15) is 11.6 Å². The minimum atomic E-state index is -0.272. The van der Waals surface area contributed by atoms with E-state index in [1.165, 1.54) is 12.1 Å². The molecule has 0 radical (unpaired) electrons.